The number of nitrogens with one attached hydrogen (secondary N) is 1. The first kappa shape index (κ1) is 16.1. The number of rotatable bonds is 3. The van der Waals surface area contributed by atoms with Gasteiger partial charge in [-0.3, -0.25) is 0 Å². The third-order valence-electron chi connectivity index (χ3n) is 4.05. The molecule has 2 rings (SSSR count). The lowest BCUT2D eigenvalue weighted by Crippen LogP contribution is -2.56. The van der Waals surface area contributed by atoms with Gasteiger partial charge in [0.15, 0.2) is 0 Å². The van der Waals surface area contributed by atoms with Crippen molar-refractivity contribution >= 4 is 5.69 Å². The molecule has 118 valence electrons. The molecule has 0 aliphatic carbocycles. The number of anilines is 1. The maximum Gasteiger partial charge on any atom is 0.416 e. The Kier molecular flexibility index (Phi) is 4.76. The number of halogens is 4. The largest absolute Gasteiger partial charge is 0.416 e. The van der Waals surface area contributed by atoms with Crippen LogP contribution in [0.3, 0.4) is 0 Å². The van der Waals surface area contributed by atoms with Crippen molar-refractivity contribution in [2.45, 2.75) is 44.9 Å². The van der Waals surface area contributed by atoms with E-state index in [1.54, 1.807) is 4.90 Å². The van der Waals surface area contributed by atoms with E-state index in [9.17, 15) is 17.6 Å². The van der Waals surface area contributed by atoms with Gasteiger partial charge in [-0.25, -0.2) is 4.39 Å². The zero-order valence-corrected chi connectivity index (χ0v) is 12.2. The highest BCUT2D eigenvalue weighted by molar-refractivity contribution is 5.52. The molecule has 0 aromatic heterocycles. The summed E-state index contributed by atoms with van der Waals surface area (Å²) >= 11 is 0. The summed E-state index contributed by atoms with van der Waals surface area (Å²) in [5, 5.41) is 3.35. The minimum atomic E-state index is -4.46. The van der Waals surface area contributed by atoms with Crippen LogP contribution >= 0.6 is 0 Å². The summed E-state index contributed by atoms with van der Waals surface area (Å²) in [5.41, 5.74) is -0.753. The Morgan fingerprint density at radius 2 is 1.95 bits per heavy atom. The first-order chi connectivity index (χ1) is 9.86. The van der Waals surface area contributed by atoms with Crippen LogP contribution in [-0.2, 0) is 6.18 Å². The van der Waals surface area contributed by atoms with Crippen LogP contribution in [0.5, 0.6) is 0 Å². The Morgan fingerprint density at radius 3 is 2.52 bits per heavy atom. The molecule has 6 heteroatoms. The van der Waals surface area contributed by atoms with Gasteiger partial charge < -0.3 is 10.2 Å². The zero-order valence-electron chi connectivity index (χ0n) is 12.2. The Labute approximate surface area is 122 Å². The van der Waals surface area contributed by atoms with Crippen LogP contribution in [0.15, 0.2) is 18.2 Å². The summed E-state index contributed by atoms with van der Waals surface area (Å²) in [4.78, 5) is 1.77. The second kappa shape index (κ2) is 6.22. The lowest BCUT2D eigenvalue weighted by atomic mass is 10.0. The normalized spacial score (nSPS) is 23.4. The Hall–Kier alpha value is -1.30. The lowest BCUT2D eigenvalue weighted by Gasteiger charge is -2.41. The number of piperazine rings is 1. The number of alkyl halides is 3. The molecular weight excluding hydrogens is 284 g/mol. The van der Waals surface area contributed by atoms with Crippen molar-refractivity contribution in [3.63, 3.8) is 0 Å². The predicted molar refractivity (Wildman–Crippen MR) is 74.9 cm³/mol. The topological polar surface area (TPSA) is 15.3 Å². The second-order valence-corrected chi connectivity index (χ2v) is 5.39. The quantitative estimate of drug-likeness (QED) is 0.854. The van der Waals surface area contributed by atoms with Gasteiger partial charge in [-0.15, -0.1) is 0 Å². The minimum Gasteiger partial charge on any atom is -0.363 e. The number of benzene rings is 1. The molecule has 1 saturated heterocycles. The van der Waals surface area contributed by atoms with E-state index in [0.717, 1.165) is 31.0 Å². The van der Waals surface area contributed by atoms with Gasteiger partial charge >= 0.3 is 6.18 Å². The van der Waals surface area contributed by atoms with Gasteiger partial charge in [-0.2, -0.15) is 13.2 Å². The SMILES string of the molecule is CCC1CN(c2cc(C(F)(F)F)ccc2F)C(CC)CN1. The van der Waals surface area contributed by atoms with Gasteiger partial charge in [-0.1, -0.05) is 13.8 Å². The molecule has 2 atom stereocenters. The highest BCUT2D eigenvalue weighted by atomic mass is 19.4. The van der Waals surface area contributed by atoms with Gasteiger partial charge in [0.2, 0.25) is 0 Å². The molecule has 1 aliphatic rings. The monoisotopic (exact) mass is 304 g/mol. The Balaban J connectivity index is 2.37. The van der Waals surface area contributed by atoms with Crippen molar-refractivity contribution in [3.8, 4) is 0 Å². The Bertz CT molecular complexity index is 487. The molecule has 1 aliphatic heterocycles. The summed E-state index contributed by atoms with van der Waals surface area (Å²) in [7, 11) is 0. The standard InChI is InChI=1S/C15H20F4N2/c1-3-11-9-21(12(4-2)8-20-11)14-7-10(15(17,18)19)5-6-13(14)16/h5-7,11-12,20H,3-4,8-9H2,1-2H3. The highest BCUT2D eigenvalue weighted by Gasteiger charge is 2.33. The second-order valence-electron chi connectivity index (χ2n) is 5.39. The van der Waals surface area contributed by atoms with Crippen LogP contribution in [0.4, 0.5) is 23.2 Å². The highest BCUT2D eigenvalue weighted by Crippen LogP contribution is 2.34. The summed E-state index contributed by atoms with van der Waals surface area (Å²) in [6.07, 6.45) is -2.85. The first-order valence-electron chi connectivity index (χ1n) is 7.23. The van der Waals surface area contributed by atoms with Gasteiger partial charge in [0.1, 0.15) is 5.82 Å². The van der Waals surface area contributed by atoms with Crippen molar-refractivity contribution in [1.29, 1.82) is 0 Å². The molecule has 2 unspecified atom stereocenters. The zero-order chi connectivity index (χ0) is 15.6. The lowest BCUT2D eigenvalue weighted by molar-refractivity contribution is -0.137. The molecule has 0 radical (unpaired) electrons. The van der Waals surface area contributed by atoms with Gasteiger partial charge in [0.25, 0.3) is 0 Å². The maximum atomic E-state index is 14.1. The van der Waals surface area contributed by atoms with Crippen LogP contribution in [0, 0.1) is 5.82 Å². The van der Waals surface area contributed by atoms with Crippen molar-refractivity contribution in [3.05, 3.63) is 29.6 Å². The van der Waals surface area contributed by atoms with Crippen molar-refractivity contribution < 1.29 is 17.6 Å². The average molecular weight is 304 g/mol. The fraction of sp³-hybridized carbons (Fsp3) is 0.600. The van der Waals surface area contributed by atoms with Gasteiger partial charge in [0, 0.05) is 25.2 Å². The van der Waals surface area contributed by atoms with Crippen LogP contribution in [-0.4, -0.2) is 25.2 Å². The molecule has 0 spiro atoms. The van der Waals surface area contributed by atoms with E-state index in [1.165, 1.54) is 0 Å². The molecule has 2 nitrogen and oxygen atoms in total. The molecule has 1 fully saturated rings. The summed E-state index contributed by atoms with van der Waals surface area (Å²) in [5.74, 6) is -0.599. The predicted octanol–water partition coefficient (Wildman–Crippen LogP) is 3.81. The van der Waals surface area contributed by atoms with Gasteiger partial charge in [-0.05, 0) is 31.0 Å². The fourth-order valence-corrected chi connectivity index (χ4v) is 2.71. The summed E-state index contributed by atoms with van der Waals surface area (Å²) < 4.78 is 52.6. The van der Waals surface area contributed by atoms with E-state index in [0.29, 0.717) is 13.1 Å². The van der Waals surface area contributed by atoms with Crippen molar-refractivity contribution in [2.24, 2.45) is 0 Å². The first-order valence-corrected chi connectivity index (χ1v) is 7.23. The minimum absolute atomic E-state index is 0.00536. The molecule has 0 bridgehead atoms. The van der Waals surface area contributed by atoms with E-state index in [2.05, 4.69) is 5.32 Å². The molecule has 21 heavy (non-hydrogen) atoms. The molecule has 0 saturated carbocycles. The van der Waals surface area contributed by atoms with Crippen LogP contribution in [0.1, 0.15) is 32.3 Å². The smallest absolute Gasteiger partial charge is 0.363 e. The number of hydrogen-bond acceptors (Lipinski definition) is 2. The van der Waals surface area contributed by atoms with Crippen molar-refractivity contribution in [2.75, 3.05) is 18.0 Å². The third-order valence-corrected chi connectivity index (χ3v) is 4.05. The van der Waals surface area contributed by atoms with E-state index < -0.39 is 17.6 Å². The fourth-order valence-electron chi connectivity index (χ4n) is 2.71. The molecule has 0 amide bonds. The van der Waals surface area contributed by atoms with Crippen LogP contribution < -0.4 is 10.2 Å². The van der Waals surface area contributed by atoms with E-state index >= 15 is 0 Å². The Morgan fingerprint density at radius 1 is 1.24 bits per heavy atom. The number of hydrogen-bond donors (Lipinski definition) is 1. The third kappa shape index (κ3) is 3.48. The summed E-state index contributed by atoms with van der Waals surface area (Å²) in [6.45, 7) is 5.14. The van der Waals surface area contributed by atoms with E-state index in [4.69, 9.17) is 0 Å². The molecule has 1 aromatic rings. The maximum absolute atomic E-state index is 14.1. The molecule has 1 heterocycles. The van der Waals surface area contributed by atoms with Crippen molar-refractivity contribution in [1.82, 2.24) is 5.32 Å². The molecule has 1 aromatic carbocycles. The van der Waals surface area contributed by atoms with E-state index in [1.807, 2.05) is 13.8 Å². The summed E-state index contributed by atoms with van der Waals surface area (Å²) in [6, 6.07) is 2.80. The van der Waals surface area contributed by atoms with Crippen LogP contribution in [0.2, 0.25) is 0 Å². The number of nitrogens with zero attached hydrogens (tertiary/aromatic N) is 1. The average Bonchev–Trinajstić information content (AvgIpc) is 2.45. The van der Waals surface area contributed by atoms with Gasteiger partial charge in [0.05, 0.1) is 11.3 Å². The van der Waals surface area contributed by atoms with E-state index in [-0.39, 0.29) is 17.8 Å². The van der Waals surface area contributed by atoms with Crippen LogP contribution in [0.25, 0.3) is 0 Å². The molecule has 1 N–H and O–H groups in total. The molecular formula is C15H20F4N2.